The molecule has 104 valence electrons. The Bertz CT molecular complexity index is 400. The van der Waals surface area contributed by atoms with Gasteiger partial charge in [0.2, 0.25) is 5.91 Å². The predicted octanol–water partition coefficient (Wildman–Crippen LogP) is 0.495. The lowest BCUT2D eigenvalue weighted by Crippen LogP contribution is -2.41. The number of hydrogen-bond acceptors (Lipinski definition) is 4. The predicted molar refractivity (Wildman–Crippen MR) is 68.0 cm³/mol. The zero-order valence-electron chi connectivity index (χ0n) is 10.7. The molecule has 2 fully saturated rings. The van der Waals surface area contributed by atoms with Crippen LogP contribution in [0.5, 0.6) is 0 Å². The zero-order chi connectivity index (χ0) is 13.2. The molecule has 5 nitrogen and oxygen atoms in total. The summed E-state index contributed by atoms with van der Waals surface area (Å²) in [4.78, 5) is 11.8. The summed E-state index contributed by atoms with van der Waals surface area (Å²) in [6.07, 6.45) is 3.08. The molecular formula is C12H21NO4S. The summed E-state index contributed by atoms with van der Waals surface area (Å²) < 4.78 is 28.1. The number of ether oxygens (including phenoxy) is 1. The molecule has 1 N–H and O–H groups in total. The van der Waals surface area contributed by atoms with Gasteiger partial charge in [-0.25, -0.2) is 8.42 Å². The molecule has 2 aliphatic rings. The van der Waals surface area contributed by atoms with Crippen LogP contribution in [-0.2, 0) is 19.4 Å². The number of carbonyl (C=O) groups is 1. The van der Waals surface area contributed by atoms with Crippen molar-refractivity contribution in [3.05, 3.63) is 0 Å². The third kappa shape index (κ3) is 3.68. The minimum atomic E-state index is -2.89. The van der Waals surface area contributed by atoms with Crippen LogP contribution >= 0.6 is 0 Å². The molecule has 1 amide bonds. The molecule has 0 aromatic heterocycles. The van der Waals surface area contributed by atoms with Gasteiger partial charge < -0.3 is 10.1 Å². The summed E-state index contributed by atoms with van der Waals surface area (Å²) in [5.74, 6) is 0.327. The number of nitrogens with one attached hydrogen (secondary N) is 1. The summed E-state index contributed by atoms with van der Waals surface area (Å²) in [5.41, 5.74) is 0. The lowest BCUT2D eigenvalue weighted by Gasteiger charge is -2.20. The molecule has 0 unspecified atom stereocenters. The molecule has 2 rings (SSSR count). The Morgan fingerprint density at radius 2 is 2.22 bits per heavy atom. The molecule has 3 atom stereocenters. The zero-order valence-corrected chi connectivity index (χ0v) is 11.5. The van der Waals surface area contributed by atoms with E-state index in [4.69, 9.17) is 4.74 Å². The Balaban J connectivity index is 1.75. The van der Waals surface area contributed by atoms with Crippen molar-refractivity contribution in [3.63, 3.8) is 0 Å². The number of rotatable bonds is 4. The van der Waals surface area contributed by atoms with E-state index in [1.807, 2.05) is 6.92 Å². The van der Waals surface area contributed by atoms with E-state index in [0.29, 0.717) is 12.8 Å². The molecule has 18 heavy (non-hydrogen) atoms. The molecule has 0 saturated carbocycles. The minimum Gasteiger partial charge on any atom is -0.376 e. The molecule has 2 aliphatic heterocycles. The molecule has 2 saturated heterocycles. The fraction of sp³-hybridized carbons (Fsp3) is 0.917. The maximum atomic E-state index is 11.8. The molecule has 0 spiro atoms. The van der Waals surface area contributed by atoms with E-state index in [-0.39, 0.29) is 35.5 Å². The summed E-state index contributed by atoms with van der Waals surface area (Å²) >= 11 is 0. The highest BCUT2D eigenvalue weighted by Gasteiger charge is 2.30. The van der Waals surface area contributed by atoms with Crippen LogP contribution in [0.3, 0.4) is 0 Å². The summed E-state index contributed by atoms with van der Waals surface area (Å²) in [6, 6.07) is 0.0120. The van der Waals surface area contributed by atoms with Crippen molar-refractivity contribution < 1.29 is 17.9 Å². The molecule has 0 bridgehead atoms. The Kier molecular flexibility index (Phi) is 4.27. The minimum absolute atomic E-state index is 0.00769. The second-order valence-corrected chi connectivity index (χ2v) is 7.61. The van der Waals surface area contributed by atoms with E-state index < -0.39 is 9.84 Å². The summed E-state index contributed by atoms with van der Waals surface area (Å²) in [5, 5.41) is 2.92. The van der Waals surface area contributed by atoms with Gasteiger partial charge in [-0.3, -0.25) is 4.79 Å². The molecule has 6 heteroatoms. The maximum Gasteiger partial charge on any atom is 0.220 e. The quantitative estimate of drug-likeness (QED) is 0.810. The third-order valence-corrected chi connectivity index (χ3v) is 5.55. The first kappa shape index (κ1) is 13.8. The van der Waals surface area contributed by atoms with Gasteiger partial charge >= 0.3 is 0 Å². The molecule has 0 aromatic carbocycles. The second-order valence-electron chi connectivity index (χ2n) is 5.38. The first-order chi connectivity index (χ1) is 8.46. The monoisotopic (exact) mass is 275 g/mol. The fourth-order valence-electron chi connectivity index (χ4n) is 2.70. The van der Waals surface area contributed by atoms with E-state index in [2.05, 4.69) is 5.32 Å². The summed E-state index contributed by atoms with van der Waals surface area (Å²) in [6.45, 7) is 2.71. The van der Waals surface area contributed by atoms with Crippen LogP contribution in [0.2, 0.25) is 0 Å². The Hall–Kier alpha value is -0.620. The number of sulfone groups is 1. The number of amides is 1. The van der Waals surface area contributed by atoms with Gasteiger partial charge in [-0.05, 0) is 32.1 Å². The van der Waals surface area contributed by atoms with Crippen LogP contribution in [0.4, 0.5) is 0 Å². The van der Waals surface area contributed by atoms with E-state index in [1.54, 1.807) is 0 Å². The van der Waals surface area contributed by atoms with E-state index in [0.717, 1.165) is 19.4 Å². The molecule has 0 radical (unpaired) electrons. The van der Waals surface area contributed by atoms with Crippen molar-refractivity contribution in [1.29, 1.82) is 0 Å². The summed E-state index contributed by atoms with van der Waals surface area (Å²) in [7, 11) is -2.89. The second kappa shape index (κ2) is 5.57. The highest BCUT2D eigenvalue weighted by Crippen LogP contribution is 2.22. The highest BCUT2D eigenvalue weighted by atomic mass is 32.2. The van der Waals surface area contributed by atoms with E-state index in [9.17, 15) is 13.2 Å². The fourth-order valence-corrected chi connectivity index (χ4v) is 4.56. The van der Waals surface area contributed by atoms with Gasteiger partial charge in [0.05, 0.1) is 23.7 Å². The van der Waals surface area contributed by atoms with Crippen LogP contribution in [0, 0.1) is 5.92 Å². The standard InChI is InChI=1S/C12H21NO4S/c1-9(11-3-2-5-17-11)13-12(14)7-10-4-6-18(15,16)8-10/h9-11H,2-8H2,1H3,(H,13,14)/t9-,10-,11-/m0/s1. The SMILES string of the molecule is C[C@H](NC(=O)C[C@@H]1CCS(=O)(=O)C1)[C@@H]1CCCO1. The average Bonchev–Trinajstić information content (AvgIpc) is 2.87. The average molecular weight is 275 g/mol. The number of carbonyl (C=O) groups excluding carboxylic acids is 1. The first-order valence-corrected chi connectivity index (χ1v) is 8.40. The van der Waals surface area contributed by atoms with Crippen molar-refractivity contribution in [2.45, 2.75) is 44.8 Å². The van der Waals surface area contributed by atoms with Gasteiger partial charge in [-0.1, -0.05) is 0 Å². The molecule has 2 heterocycles. The first-order valence-electron chi connectivity index (χ1n) is 6.58. The van der Waals surface area contributed by atoms with Crippen LogP contribution in [0.15, 0.2) is 0 Å². The maximum absolute atomic E-state index is 11.8. The normalized spacial score (nSPS) is 32.3. The van der Waals surface area contributed by atoms with Crippen molar-refractivity contribution in [2.24, 2.45) is 5.92 Å². The van der Waals surface area contributed by atoms with Crippen LogP contribution in [0.1, 0.15) is 32.6 Å². The molecule has 0 aromatic rings. The highest BCUT2D eigenvalue weighted by molar-refractivity contribution is 7.91. The van der Waals surface area contributed by atoms with Gasteiger partial charge in [0.1, 0.15) is 0 Å². The number of hydrogen-bond donors (Lipinski definition) is 1. The Morgan fingerprint density at radius 3 is 2.78 bits per heavy atom. The Morgan fingerprint density at radius 1 is 1.44 bits per heavy atom. The van der Waals surface area contributed by atoms with Crippen LogP contribution in [-0.4, -0.2) is 44.6 Å². The lowest BCUT2D eigenvalue weighted by molar-refractivity contribution is -0.123. The van der Waals surface area contributed by atoms with Gasteiger partial charge in [-0.15, -0.1) is 0 Å². The van der Waals surface area contributed by atoms with Crippen molar-refractivity contribution >= 4 is 15.7 Å². The smallest absolute Gasteiger partial charge is 0.220 e. The molecule has 0 aliphatic carbocycles. The van der Waals surface area contributed by atoms with Gasteiger partial charge in [0.15, 0.2) is 9.84 Å². The van der Waals surface area contributed by atoms with Crippen molar-refractivity contribution in [2.75, 3.05) is 18.1 Å². The van der Waals surface area contributed by atoms with Gasteiger partial charge in [0, 0.05) is 13.0 Å². The van der Waals surface area contributed by atoms with Gasteiger partial charge in [0.25, 0.3) is 0 Å². The largest absolute Gasteiger partial charge is 0.376 e. The molecular weight excluding hydrogens is 254 g/mol. The van der Waals surface area contributed by atoms with Crippen molar-refractivity contribution in [3.8, 4) is 0 Å². The topological polar surface area (TPSA) is 72.5 Å². The van der Waals surface area contributed by atoms with E-state index in [1.165, 1.54) is 0 Å². The Labute approximate surface area is 108 Å². The van der Waals surface area contributed by atoms with E-state index >= 15 is 0 Å². The van der Waals surface area contributed by atoms with Gasteiger partial charge in [-0.2, -0.15) is 0 Å². The van der Waals surface area contributed by atoms with Crippen LogP contribution in [0.25, 0.3) is 0 Å². The lowest BCUT2D eigenvalue weighted by atomic mass is 10.0. The third-order valence-electron chi connectivity index (χ3n) is 3.71. The van der Waals surface area contributed by atoms with Crippen molar-refractivity contribution in [1.82, 2.24) is 5.32 Å². The van der Waals surface area contributed by atoms with Crippen LogP contribution < -0.4 is 5.32 Å².